The number of nitrogens with one attached hydrogen (secondary N) is 19. The Morgan fingerprint density at radius 3 is 1.28 bits per heavy atom. The summed E-state index contributed by atoms with van der Waals surface area (Å²) in [5.41, 5.74) is 17.1. The highest BCUT2D eigenvalue weighted by Gasteiger charge is 2.44. The predicted octanol–water partition coefficient (Wildman–Crippen LogP) is -8.78. The Balaban J connectivity index is 1.75. The number of carbonyl (C=O) groups excluding carboxylic acids is 21. The highest BCUT2D eigenvalue weighted by Crippen LogP contribution is 2.23. The summed E-state index contributed by atoms with van der Waals surface area (Å²) in [6.07, 6.45) is 0.515. The van der Waals surface area contributed by atoms with E-state index < -0.39 is 309 Å². The molecular formula is C91H148N24O28S. The lowest BCUT2D eigenvalue weighted by atomic mass is 9.96. The maximum Gasteiger partial charge on any atom is 0.326 e. The van der Waals surface area contributed by atoms with E-state index in [2.05, 4.69) is 106 Å². The zero-order valence-corrected chi connectivity index (χ0v) is 84.8. The van der Waals surface area contributed by atoms with Crippen LogP contribution in [0.3, 0.4) is 0 Å². The van der Waals surface area contributed by atoms with Crippen LogP contribution in [0.5, 0.6) is 5.75 Å². The standard InChI is InChI=1S/C91H148N24O28S/c1-17-46(10)71(88(139)108-61(34-52-20-22-54(120)23-21-52)81(132)109-62(35-53-36-95-41-97-53)90(141)115-29-18-19-66(115)86(137)104-55(24-26-67(92)121)78(129)105-57(91(142)143)25-27-68(93)122)113-76(127)50(14)100-79(130)59(32-43(4)5)107-89(140)72(51(15)119)114-82(133)60(33-44(6)7)106-74(125)49(13)101-83(134)63(38-116)112-85(136)64(39-117)110-75(126)48(12)98-73(124)47(11)99-77(128)56(28-30-144-16)103-84(135)65(40-118)111-80(131)58(31-42(2)3)102-69(123)37-96-87(138)70(94)45(8)9/h20-23,36,41-51,55-66,70-72,116-120H,17-19,24-35,37-40,94H2,1-16H3,(H2,92,121)(H2,93,122)(H,95,97)(H,96,138)(H,98,124)(H,99,128)(H,100,130)(H,101,134)(H,102,123)(H,103,135)(H,104,137)(H,105,129)(H,106,125)(H,107,140)(H,108,139)(H,109,132)(H,110,126)(H,111,131)(H,112,136)(H,113,127)(H,114,133)(H,142,143)/t46-,47-,48-,49-,50-,51+,55-,56-,57-,58-,59-,60-,61-,62-,63-,64-,65-,66-,70-,71-,72-/m0/s1. The minimum atomic E-state index is -1.89. The van der Waals surface area contributed by atoms with Gasteiger partial charge in [0.2, 0.25) is 124 Å². The second-order valence-electron chi connectivity index (χ2n) is 37.1. The van der Waals surface area contributed by atoms with Gasteiger partial charge in [0.05, 0.1) is 44.8 Å². The van der Waals surface area contributed by atoms with Crippen LogP contribution < -0.4 is 113 Å². The van der Waals surface area contributed by atoms with E-state index in [9.17, 15) is 136 Å². The number of likely N-dealkylation sites (tertiary alicyclic amines) is 1. The molecule has 53 heteroatoms. The van der Waals surface area contributed by atoms with Crippen molar-refractivity contribution in [1.29, 1.82) is 0 Å². The molecule has 1 saturated heterocycles. The number of aliphatic hydroxyl groups excluding tert-OH is 4. The number of nitrogens with zero attached hydrogens (tertiary/aromatic N) is 2. The Morgan fingerprint density at radius 1 is 0.444 bits per heavy atom. The number of carboxylic acids is 1. The van der Waals surface area contributed by atoms with Crippen LogP contribution in [0, 0.1) is 29.6 Å². The lowest BCUT2D eigenvalue weighted by Crippen LogP contribution is -2.62. The van der Waals surface area contributed by atoms with Crippen LogP contribution in [0.15, 0.2) is 36.8 Å². The number of primary amides is 2. The molecule has 0 saturated carbocycles. The van der Waals surface area contributed by atoms with E-state index in [0.29, 0.717) is 11.3 Å². The molecule has 0 aliphatic carbocycles. The number of rotatable bonds is 64. The second kappa shape index (κ2) is 62.3. The summed E-state index contributed by atoms with van der Waals surface area (Å²) in [5, 5.41) is 106. The van der Waals surface area contributed by atoms with Crippen molar-refractivity contribution in [2.75, 3.05) is 44.9 Å². The quantitative estimate of drug-likeness (QED) is 0.0292. The predicted molar refractivity (Wildman–Crippen MR) is 518 cm³/mol. The molecule has 1 aliphatic rings. The number of aromatic nitrogens is 2. The highest BCUT2D eigenvalue weighted by molar-refractivity contribution is 7.98. The number of carboxylic acid groups (broad SMARTS) is 1. The first-order valence-electron chi connectivity index (χ1n) is 47.6. The van der Waals surface area contributed by atoms with Gasteiger partial charge in [0.15, 0.2) is 0 Å². The summed E-state index contributed by atoms with van der Waals surface area (Å²) < 4.78 is 0. The third-order valence-corrected chi connectivity index (χ3v) is 23.7. The molecule has 144 heavy (non-hydrogen) atoms. The largest absolute Gasteiger partial charge is 0.508 e. The zero-order chi connectivity index (χ0) is 109. The number of carbonyl (C=O) groups is 22. The number of hydrogen-bond donors (Lipinski definition) is 28. The lowest BCUT2D eigenvalue weighted by molar-refractivity contribution is -0.144. The molecule has 0 bridgehead atoms. The third-order valence-electron chi connectivity index (χ3n) is 23.1. The Bertz CT molecular complexity index is 4700. The normalized spacial score (nSPS) is 16.5. The van der Waals surface area contributed by atoms with E-state index in [4.69, 9.17) is 17.2 Å². The number of aliphatic hydroxyl groups is 4. The number of imidazole rings is 1. The molecule has 21 atom stereocenters. The molecule has 0 radical (unpaired) electrons. The van der Waals surface area contributed by atoms with Crippen LogP contribution in [0.2, 0.25) is 0 Å². The average molecular weight is 2060 g/mol. The Morgan fingerprint density at radius 2 is 0.819 bits per heavy atom. The molecule has 0 spiro atoms. The van der Waals surface area contributed by atoms with Crippen molar-refractivity contribution in [3.05, 3.63) is 48.0 Å². The van der Waals surface area contributed by atoms with E-state index in [1.165, 1.54) is 62.4 Å². The van der Waals surface area contributed by atoms with Crippen LogP contribution in [-0.2, 0) is 118 Å². The van der Waals surface area contributed by atoms with Crippen LogP contribution in [0.4, 0.5) is 0 Å². The molecule has 2 heterocycles. The van der Waals surface area contributed by atoms with Crippen LogP contribution in [-0.4, -0.2) is 341 Å². The van der Waals surface area contributed by atoms with Crippen molar-refractivity contribution in [3.8, 4) is 5.75 Å². The number of benzene rings is 1. The lowest BCUT2D eigenvalue weighted by Gasteiger charge is -2.31. The number of aromatic hydroxyl groups is 1. The van der Waals surface area contributed by atoms with Gasteiger partial charge >= 0.3 is 5.97 Å². The average Bonchev–Trinajstić information content (AvgIpc) is 1.67. The van der Waals surface area contributed by atoms with Crippen molar-refractivity contribution in [2.24, 2.45) is 46.8 Å². The number of hydrogen-bond acceptors (Lipinski definition) is 30. The van der Waals surface area contributed by atoms with Gasteiger partial charge in [0.25, 0.3) is 0 Å². The number of thioether (sulfide) groups is 1. The van der Waals surface area contributed by atoms with Gasteiger partial charge in [-0.3, -0.25) is 101 Å². The SMILES string of the molecule is CC[C@H](C)[C@H](NC(=O)[C@H](C)NC(=O)[C@H](CC(C)C)NC(=O)[C@@H](NC(=O)[C@H](CC(C)C)NC(=O)[C@H](C)NC(=O)[C@H](CO)NC(=O)[C@H](CO)NC(=O)[C@H](C)NC(=O)[C@H](C)NC(=O)[C@H](CCSC)NC(=O)[C@H](CO)NC(=O)[C@H](CC(C)C)NC(=O)CNC(=O)[C@@H](N)C(C)C)[C@@H](C)O)C(=O)N[C@@H](Cc1ccc(O)cc1)C(=O)N[C@@H](Cc1cnc[nH]1)C(=O)N1CCC[C@H]1C(=O)N[C@@H](CCC(N)=O)C(=O)N[C@@H](CCC(N)=O)C(=O)O. The van der Waals surface area contributed by atoms with Crippen LogP contribution in [0.25, 0.3) is 0 Å². The summed E-state index contributed by atoms with van der Waals surface area (Å²) in [5.74, 6) is -23.7. The summed E-state index contributed by atoms with van der Waals surface area (Å²) in [7, 11) is 0. The number of nitrogens with two attached hydrogens (primary N) is 3. The van der Waals surface area contributed by atoms with Gasteiger partial charge in [-0.1, -0.05) is 87.8 Å². The van der Waals surface area contributed by atoms with Crippen molar-refractivity contribution < 1.29 is 136 Å². The monoisotopic (exact) mass is 2060 g/mol. The van der Waals surface area contributed by atoms with Gasteiger partial charge in [0.1, 0.15) is 115 Å². The maximum atomic E-state index is 15.0. The zero-order valence-electron chi connectivity index (χ0n) is 84.0. The number of amides is 21. The van der Waals surface area contributed by atoms with Gasteiger partial charge in [-0.15, -0.1) is 0 Å². The summed E-state index contributed by atoms with van der Waals surface area (Å²) in [4.78, 5) is 307. The van der Waals surface area contributed by atoms with Crippen LogP contribution >= 0.6 is 11.8 Å². The molecule has 3 rings (SSSR count). The van der Waals surface area contributed by atoms with Gasteiger partial charge in [-0.25, -0.2) is 9.78 Å². The number of phenolic OH excluding ortho intramolecular Hbond substituents is 1. The van der Waals surface area contributed by atoms with Crippen molar-refractivity contribution in [3.63, 3.8) is 0 Å². The van der Waals surface area contributed by atoms with E-state index >= 15 is 0 Å². The highest BCUT2D eigenvalue weighted by atomic mass is 32.2. The van der Waals surface area contributed by atoms with Gasteiger partial charge in [-0.2, -0.15) is 11.8 Å². The third kappa shape index (κ3) is 43.1. The van der Waals surface area contributed by atoms with Gasteiger partial charge < -0.3 is 153 Å². The summed E-state index contributed by atoms with van der Waals surface area (Å²) >= 11 is 1.28. The molecule has 52 nitrogen and oxygen atoms in total. The molecule has 1 aromatic heterocycles. The van der Waals surface area contributed by atoms with E-state index in [0.717, 1.165) is 25.7 Å². The molecule has 2 aromatic rings. The minimum Gasteiger partial charge on any atom is -0.508 e. The van der Waals surface area contributed by atoms with Gasteiger partial charge in [-0.05, 0) is 145 Å². The maximum absolute atomic E-state index is 15.0. The van der Waals surface area contributed by atoms with Crippen molar-refractivity contribution in [1.82, 2.24) is 111 Å². The molecule has 1 fully saturated rings. The second-order valence-corrected chi connectivity index (χ2v) is 38.1. The Hall–Kier alpha value is -13.3. The molecule has 1 aliphatic heterocycles. The fraction of sp³-hybridized carbons (Fsp3) is 0.659. The van der Waals surface area contributed by atoms with Crippen molar-refractivity contribution in [2.45, 2.75) is 308 Å². The minimum absolute atomic E-state index is 0.0125. The first-order chi connectivity index (χ1) is 67.5. The first-order valence-corrected chi connectivity index (χ1v) is 48.9. The molecule has 1 aromatic carbocycles. The molecular weight excluding hydrogens is 1910 g/mol. The Kier molecular flexibility index (Phi) is 54.0. The fourth-order valence-electron chi connectivity index (χ4n) is 14.5. The van der Waals surface area contributed by atoms with E-state index in [1.807, 2.05) is 0 Å². The van der Waals surface area contributed by atoms with Gasteiger partial charge in [0, 0.05) is 44.1 Å². The molecule has 21 amide bonds. The molecule has 31 N–H and O–H groups in total. The number of aromatic amines is 1. The first kappa shape index (κ1) is 125. The van der Waals surface area contributed by atoms with Crippen LogP contribution in [0.1, 0.15) is 186 Å². The van der Waals surface area contributed by atoms with Crippen molar-refractivity contribution >= 4 is 142 Å². The smallest absolute Gasteiger partial charge is 0.326 e. The van der Waals surface area contributed by atoms with E-state index in [-0.39, 0.29) is 99.5 Å². The number of phenols is 1. The fourth-order valence-corrected chi connectivity index (χ4v) is 14.9. The summed E-state index contributed by atoms with van der Waals surface area (Å²) in [6.45, 7) is 19.0. The van der Waals surface area contributed by atoms with E-state index in [1.54, 1.807) is 75.5 Å². The number of aliphatic carboxylic acids is 1. The number of H-pyrrole nitrogens is 1. The molecule has 0 unspecified atom stereocenters. The summed E-state index contributed by atoms with van der Waals surface area (Å²) in [6, 6.07) is -23.5. The molecule has 806 valence electrons. The topological polar surface area (TPSA) is 823 Å². The Labute approximate surface area is 838 Å².